The summed E-state index contributed by atoms with van der Waals surface area (Å²) in [5.41, 5.74) is 4.81. The van der Waals surface area contributed by atoms with Crippen LogP contribution in [-0.4, -0.2) is 30.9 Å². The van der Waals surface area contributed by atoms with Crippen LogP contribution in [0.25, 0.3) is 0 Å². The summed E-state index contributed by atoms with van der Waals surface area (Å²) in [4.78, 5) is 24.5. The monoisotopic (exact) mass is 463 g/mol. The molecule has 0 saturated carbocycles. The number of nitrogens with zero attached hydrogens (tertiary/aromatic N) is 1. The maximum absolute atomic E-state index is 13.2. The highest BCUT2D eigenvalue weighted by molar-refractivity contribution is 5.87. The Labute approximate surface area is 197 Å². The second-order valence-corrected chi connectivity index (χ2v) is 7.33. The average molecular weight is 464 g/mol. The van der Waals surface area contributed by atoms with Gasteiger partial charge in [-0.15, -0.1) is 0 Å². The Kier molecular flexibility index (Phi) is 9.16. The molecule has 0 saturated heterocycles. The highest BCUT2D eigenvalue weighted by atomic mass is 19.1. The molecule has 1 atom stereocenters. The van der Waals surface area contributed by atoms with E-state index < -0.39 is 18.0 Å². The standard InChI is InChI=1S/C26H26FN3O4/c1-2-33-26(32)29-24(16-19-7-4-3-5-8-19)25(31)30-28-17-20-11-13-23(14-12-20)34-18-21-9-6-10-22(27)15-21/h3-15,17,24H,2,16,18H2,1H3,(H,29,32)(H,30,31)/b28-17-/t24-/m1/s1. The molecule has 34 heavy (non-hydrogen) atoms. The third-order valence-electron chi connectivity index (χ3n) is 4.73. The van der Waals surface area contributed by atoms with Gasteiger partial charge >= 0.3 is 6.09 Å². The van der Waals surface area contributed by atoms with E-state index in [-0.39, 0.29) is 19.0 Å². The molecule has 0 aliphatic carbocycles. The number of hydrogen-bond acceptors (Lipinski definition) is 5. The van der Waals surface area contributed by atoms with E-state index in [2.05, 4.69) is 15.8 Å². The van der Waals surface area contributed by atoms with E-state index in [9.17, 15) is 14.0 Å². The lowest BCUT2D eigenvalue weighted by Crippen LogP contribution is -2.47. The summed E-state index contributed by atoms with van der Waals surface area (Å²) in [7, 11) is 0. The number of benzene rings is 3. The second kappa shape index (κ2) is 12.7. The van der Waals surface area contributed by atoms with Crippen LogP contribution in [0.3, 0.4) is 0 Å². The number of carbonyl (C=O) groups is 2. The van der Waals surface area contributed by atoms with E-state index in [1.807, 2.05) is 30.3 Å². The van der Waals surface area contributed by atoms with Gasteiger partial charge in [-0.1, -0.05) is 42.5 Å². The first-order valence-corrected chi connectivity index (χ1v) is 10.8. The predicted octanol–water partition coefficient (Wildman–Crippen LogP) is 4.21. The van der Waals surface area contributed by atoms with Crippen LogP contribution in [-0.2, 0) is 22.6 Å². The second-order valence-electron chi connectivity index (χ2n) is 7.33. The topological polar surface area (TPSA) is 89.0 Å². The van der Waals surface area contributed by atoms with Crippen molar-refractivity contribution in [1.29, 1.82) is 0 Å². The van der Waals surface area contributed by atoms with Crippen molar-refractivity contribution >= 4 is 18.2 Å². The fourth-order valence-corrected chi connectivity index (χ4v) is 3.07. The van der Waals surface area contributed by atoms with E-state index in [1.165, 1.54) is 18.3 Å². The van der Waals surface area contributed by atoms with Gasteiger partial charge in [-0.05, 0) is 60.0 Å². The summed E-state index contributed by atoms with van der Waals surface area (Å²) < 4.78 is 23.8. The molecule has 8 heteroatoms. The zero-order chi connectivity index (χ0) is 24.2. The Balaban J connectivity index is 1.54. The predicted molar refractivity (Wildman–Crippen MR) is 127 cm³/mol. The highest BCUT2D eigenvalue weighted by Gasteiger charge is 2.21. The van der Waals surface area contributed by atoms with E-state index in [1.54, 1.807) is 43.3 Å². The van der Waals surface area contributed by atoms with Gasteiger partial charge in [0.2, 0.25) is 0 Å². The first kappa shape index (κ1) is 24.4. The molecule has 0 fully saturated rings. The molecule has 0 aliphatic rings. The lowest BCUT2D eigenvalue weighted by molar-refractivity contribution is -0.123. The van der Waals surface area contributed by atoms with E-state index in [0.717, 1.165) is 16.7 Å². The Morgan fingerprint density at radius 1 is 1.00 bits per heavy atom. The van der Waals surface area contributed by atoms with Gasteiger partial charge in [0.25, 0.3) is 5.91 Å². The first-order valence-electron chi connectivity index (χ1n) is 10.8. The summed E-state index contributed by atoms with van der Waals surface area (Å²) in [6.07, 6.45) is 1.10. The number of ether oxygens (including phenoxy) is 2. The van der Waals surface area contributed by atoms with Crippen LogP contribution in [0.15, 0.2) is 84.0 Å². The van der Waals surface area contributed by atoms with Crippen LogP contribution in [0.1, 0.15) is 23.6 Å². The average Bonchev–Trinajstić information content (AvgIpc) is 2.84. The molecule has 0 radical (unpaired) electrons. The third-order valence-corrected chi connectivity index (χ3v) is 4.73. The van der Waals surface area contributed by atoms with Gasteiger partial charge in [-0.2, -0.15) is 5.10 Å². The highest BCUT2D eigenvalue weighted by Crippen LogP contribution is 2.14. The number of hydrogen-bond donors (Lipinski definition) is 2. The summed E-state index contributed by atoms with van der Waals surface area (Å²) in [6.45, 7) is 2.14. The van der Waals surface area contributed by atoms with Crippen molar-refractivity contribution in [2.24, 2.45) is 5.10 Å². The zero-order valence-electron chi connectivity index (χ0n) is 18.7. The molecular formula is C26H26FN3O4. The van der Waals surface area contributed by atoms with Crippen molar-refractivity contribution in [3.05, 3.63) is 101 Å². The number of amides is 2. The number of hydrazone groups is 1. The van der Waals surface area contributed by atoms with E-state index in [0.29, 0.717) is 12.2 Å². The third kappa shape index (κ3) is 8.05. The maximum atomic E-state index is 13.2. The molecule has 2 N–H and O–H groups in total. The molecule has 2 amide bonds. The SMILES string of the molecule is CCOC(=O)N[C@H](Cc1ccccc1)C(=O)N/N=C\c1ccc(OCc2cccc(F)c2)cc1. The summed E-state index contributed by atoms with van der Waals surface area (Å²) in [5.74, 6) is -0.159. The van der Waals surface area contributed by atoms with Crippen LogP contribution in [0, 0.1) is 5.82 Å². The molecule has 0 unspecified atom stereocenters. The number of carbonyl (C=O) groups excluding carboxylic acids is 2. The van der Waals surface area contributed by atoms with Crippen LogP contribution in [0.4, 0.5) is 9.18 Å². The molecule has 0 spiro atoms. The minimum Gasteiger partial charge on any atom is -0.489 e. The van der Waals surface area contributed by atoms with Crippen LogP contribution in [0.5, 0.6) is 5.75 Å². The van der Waals surface area contributed by atoms with E-state index >= 15 is 0 Å². The largest absolute Gasteiger partial charge is 0.489 e. The van der Waals surface area contributed by atoms with Gasteiger partial charge in [0.15, 0.2) is 0 Å². The Bertz CT molecular complexity index is 1100. The molecular weight excluding hydrogens is 437 g/mol. The number of nitrogens with one attached hydrogen (secondary N) is 2. The van der Waals surface area contributed by atoms with Crippen LogP contribution < -0.4 is 15.5 Å². The fraction of sp³-hybridized carbons (Fsp3) is 0.192. The van der Waals surface area contributed by atoms with Crippen LogP contribution in [0.2, 0.25) is 0 Å². The zero-order valence-corrected chi connectivity index (χ0v) is 18.7. The molecule has 0 bridgehead atoms. The Hall–Kier alpha value is -4.20. The summed E-state index contributed by atoms with van der Waals surface area (Å²) >= 11 is 0. The number of rotatable bonds is 10. The van der Waals surface area contributed by atoms with Crippen molar-refractivity contribution in [1.82, 2.24) is 10.7 Å². The smallest absolute Gasteiger partial charge is 0.407 e. The minimum absolute atomic E-state index is 0.200. The van der Waals surface area contributed by atoms with Crippen molar-refractivity contribution in [2.75, 3.05) is 6.61 Å². The van der Waals surface area contributed by atoms with Crippen molar-refractivity contribution in [2.45, 2.75) is 26.0 Å². The molecule has 3 aromatic rings. The minimum atomic E-state index is -0.850. The van der Waals surface area contributed by atoms with Crippen molar-refractivity contribution in [3.63, 3.8) is 0 Å². The first-order chi connectivity index (χ1) is 16.5. The summed E-state index contributed by atoms with van der Waals surface area (Å²) in [6, 6.07) is 21.8. The summed E-state index contributed by atoms with van der Waals surface area (Å²) in [5, 5.41) is 6.56. The molecule has 176 valence electrons. The van der Waals surface area contributed by atoms with Gasteiger partial charge in [-0.3, -0.25) is 4.79 Å². The van der Waals surface area contributed by atoms with Crippen molar-refractivity contribution in [3.8, 4) is 5.75 Å². The Morgan fingerprint density at radius 2 is 1.74 bits per heavy atom. The van der Waals surface area contributed by atoms with Crippen molar-refractivity contribution < 1.29 is 23.5 Å². The molecule has 0 aromatic heterocycles. The van der Waals surface area contributed by atoms with Gasteiger partial charge in [0.1, 0.15) is 24.2 Å². The maximum Gasteiger partial charge on any atom is 0.407 e. The molecule has 3 rings (SSSR count). The number of alkyl carbamates (subject to hydrolysis) is 1. The van der Waals surface area contributed by atoms with Gasteiger partial charge < -0.3 is 14.8 Å². The molecule has 3 aromatic carbocycles. The number of halogens is 1. The van der Waals surface area contributed by atoms with E-state index in [4.69, 9.17) is 9.47 Å². The lowest BCUT2D eigenvalue weighted by atomic mass is 10.1. The van der Waals surface area contributed by atoms with Crippen LogP contribution >= 0.6 is 0 Å². The van der Waals surface area contributed by atoms with Gasteiger partial charge in [0, 0.05) is 6.42 Å². The molecule has 0 aliphatic heterocycles. The quantitative estimate of drug-likeness (QED) is 0.348. The lowest BCUT2D eigenvalue weighted by Gasteiger charge is -2.16. The normalized spacial score (nSPS) is 11.6. The molecule has 0 heterocycles. The fourth-order valence-electron chi connectivity index (χ4n) is 3.07. The Morgan fingerprint density at radius 3 is 2.44 bits per heavy atom. The van der Waals surface area contributed by atoms with Gasteiger partial charge in [-0.25, -0.2) is 14.6 Å². The van der Waals surface area contributed by atoms with Gasteiger partial charge in [0.05, 0.1) is 12.8 Å². The molecule has 7 nitrogen and oxygen atoms in total.